The smallest absolute Gasteiger partial charge is 0.220 e. The van der Waals surface area contributed by atoms with Crippen molar-refractivity contribution in [2.45, 2.75) is 6.92 Å². The third-order valence-corrected chi connectivity index (χ3v) is 2.09. The maximum Gasteiger partial charge on any atom is 0.220 e. The van der Waals surface area contributed by atoms with E-state index in [1.54, 1.807) is 12.1 Å². The maximum atomic E-state index is 13.3. The molecule has 0 aliphatic carbocycles. The summed E-state index contributed by atoms with van der Waals surface area (Å²) < 4.78 is 13.3. The van der Waals surface area contributed by atoms with Gasteiger partial charge in [-0.1, -0.05) is 29.8 Å². The number of hydrogen-bond acceptors (Lipinski definition) is 1. The summed E-state index contributed by atoms with van der Waals surface area (Å²) in [5.41, 5.74) is 2.54. The molecule has 1 aromatic carbocycles. The van der Waals surface area contributed by atoms with E-state index in [0.717, 1.165) is 11.1 Å². The van der Waals surface area contributed by atoms with Crippen molar-refractivity contribution in [2.24, 2.45) is 0 Å². The molecule has 0 unspecified atom stereocenters. The molecule has 14 heavy (non-hydrogen) atoms. The molecule has 0 fully saturated rings. The Bertz CT molecular complexity index is 452. The lowest BCUT2D eigenvalue weighted by molar-refractivity contribution is 0.587. The topological polar surface area (TPSA) is 12.9 Å². The first-order chi connectivity index (χ1) is 6.77. The van der Waals surface area contributed by atoms with Crippen LogP contribution in [0.4, 0.5) is 4.39 Å². The Balaban J connectivity index is 2.55. The summed E-state index contributed by atoms with van der Waals surface area (Å²) in [6, 6.07) is 11.2. The predicted molar refractivity (Wildman–Crippen MR) is 54.4 cm³/mol. The summed E-state index contributed by atoms with van der Waals surface area (Å²) in [6.07, 6.45) is 1.45. The SMILES string of the molecule is Cc1cccc(-c2cccnc2F)c1. The van der Waals surface area contributed by atoms with Crippen molar-refractivity contribution in [1.82, 2.24) is 4.98 Å². The molecule has 70 valence electrons. The Morgan fingerprint density at radius 2 is 2.00 bits per heavy atom. The summed E-state index contributed by atoms with van der Waals surface area (Å²) in [5, 5.41) is 0. The average Bonchev–Trinajstić information content (AvgIpc) is 2.18. The number of nitrogens with zero attached hydrogens (tertiary/aromatic N) is 1. The number of halogens is 1. The van der Waals surface area contributed by atoms with E-state index in [2.05, 4.69) is 4.98 Å². The van der Waals surface area contributed by atoms with Crippen molar-refractivity contribution >= 4 is 0 Å². The second kappa shape index (κ2) is 3.58. The molecule has 2 aromatic rings. The fourth-order valence-electron chi connectivity index (χ4n) is 1.41. The zero-order valence-electron chi connectivity index (χ0n) is 7.87. The average molecular weight is 187 g/mol. The van der Waals surface area contributed by atoms with E-state index in [4.69, 9.17) is 0 Å². The molecular formula is C12H10FN. The van der Waals surface area contributed by atoms with Crippen LogP contribution >= 0.6 is 0 Å². The van der Waals surface area contributed by atoms with E-state index < -0.39 is 5.95 Å². The zero-order valence-corrected chi connectivity index (χ0v) is 7.87. The molecule has 2 rings (SSSR count). The Hall–Kier alpha value is -1.70. The lowest BCUT2D eigenvalue weighted by Gasteiger charge is -2.02. The fraction of sp³-hybridized carbons (Fsp3) is 0.0833. The largest absolute Gasteiger partial charge is 0.228 e. The molecular weight excluding hydrogens is 177 g/mol. The van der Waals surface area contributed by atoms with Crippen molar-refractivity contribution in [1.29, 1.82) is 0 Å². The number of aryl methyl sites for hydroxylation is 1. The van der Waals surface area contributed by atoms with Gasteiger partial charge in [-0.05, 0) is 24.6 Å². The molecule has 0 bridgehead atoms. The van der Waals surface area contributed by atoms with Crippen LogP contribution in [0.5, 0.6) is 0 Å². The third-order valence-electron chi connectivity index (χ3n) is 2.09. The summed E-state index contributed by atoms with van der Waals surface area (Å²) in [7, 11) is 0. The van der Waals surface area contributed by atoms with Gasteiger partial charge in [0.2, 0.25) is 5.95 Å². The Kier molecular flexibility index (Phi) is 2.27. The van der Waals surface area contributed by atoms with Gasteiger partial charge in [-0.3, -0.25) is 0 Å². The molecule has 1 heterocycles. The standard InChI is InChI=1S/C12H10FN/c1-9-4-2-5-10(8-9)11-6-3-7-14-12(11)13/h2-8H,1H3. The number of benzene rings is 1. The van der Waals surface area contributed by atoms with Gasteiger partial charge in [0, 0.05) is 11.8 Å². The van der Waals surface area contributed by atoms with E-state index in [1.807, 2.05) is 31.2 Å². The van der Waals surface area contributed by atoms with E-state index in [1.165, 1.54) is 6.20 Å². The van der Waals surface area contributed by atoms with Crippen molar-refractivity contribution in [3.63, 3.8) is 0 Å². The molecule has 0 saturated carbocycles. The van der Waals surface area contributed by atoms with Gasteiger partial charge >= 0.3 is 0 Å². The van der Waals surface area contributed by atoms with Crippen LogP contribution in [0.3, 0.4) is 0 Å². The molecule has 2 heteroatoms. The Labute approximate surface area is 82.2 Å². The van der Waals surface area contributed by atoms with Gasteiger partial charge in [-0.2, -0.15) is 4.39 Å². The summed E-state index contributed by atoms with van der Waals surface area (Å²) in [4.78, 5) is 3.62. The minimum absolute atomic E-state index is 0.418. The van der Waals surface area contributed by atoms with Crippen LogP contribution < -0.4 is 0 Å². The Morgan fingerprint density at radius 1 is 1.14 bits per heavy atom. The van der Waals surface area contributed by atoms with Crippen LogP contribution in [0, 0.1) is 12.9 Å². The highest BCUT2D eigenvalue weighted by atomic mass is 19.1. The molecule has 0 aliphatic heterocycles. The van der Waals surface area contributed by atoms with Crippen molar-refractivity contribution in [3.8, 4) is 11.1 Å². The van der Waals surface area contributed by atoms with E-state index in [0.29, 0.717) is 5.56 Å². The molecule has 0 N–H and O–H groups in total. The van der Waals surface area contributed by atoms with Gasteiger partial charge in [0.15, 0.2) is 0 Å². The van der Waals surface area contributed by atoms with Crippen LogP contribution in [-0.4, -0.2) is 4.98 Å². The van der Waals surface area contributed by atoms with Gasteiger partial charge in [0.05, 0.1) is 0 Å². The maximum absolute atomic E-state index is 13.3. The van der Waals surface area contributed by atoms with Crippen LogP contribution in [0.15, 0.2) is 42.6 Å². The van der Waals surface area contributed by atoms with Gasteiger partial charge in [0.25, 0.3) is 0 Å². The molecule has 0 atom stereocenters. The van der Waals surface area contributed by atoms with Gasteiger partial charge in [-0.15, -0.1) is 0 Å². The van der Waals surface area contributed by atoms with E-state index >= 15 is 0 Å². The third kappa shape index (κ3) is 1.64. The summed E-state index contributed by atoms with van der Waals surface area (Å²) in [6.45, 7) is 1.98. The van der Waals surface area contributed by atoms with Crippen LogP contribution in [0.1, 0.15) is 5.56 Å². The van der Waals surface area contributed by atoms with Gasteiger partial charge in [0.1, 0.15) is 0 Å². The highest BCUT2D eigenvalue weighted by Crippen LogP contribution is 2.21. The first kappa shape index (κ1) is 8.88. The molecule has 0 saturated heterocycles. The summed E-state index contributed by atoms with van der Waals surface area (Å²) >= 11 is 0. The monoisotopic (exact) mass is 187 g/mol. The lowest BCUT2D eigenvalue weighted by Crippen LogP contribution is -1.87. The van der Waals surface area contributed by atoms with E-state index in [-0.39, 0.29) is 0 Å². The van der Waals surface area contributed by atoms with Crippen molar-refractivity contribution < 1.29 is 4.39 Å². The normalized spacial score (nSPS) is 10.1. The predicted octanol–water partition coefficient (Wildman–Crippen LogP) is 3.20. The lowest BCUT2D eigenvalue weighted by atomic mass is 10.1. The number of aromatic nitrogens is 1. The first-order valence-corrected chi connectivity index (χ1v) is 4.45. The minimum atomic E-state index is -0.418. The first-order valence-electron chi connectivity index (χ1n) is 4.45. The van der Waals surface area contributed by atoms with Gasteiger partial charge in [-0.25, -0.2) is 4.98 Å². The second-order valence-corrected chi connectivity index (χ2v) is 3.21. The summed E-state index contributed by atoms with van der Waals surface area (Å²) in [5.74, 6) is -0.418. The molecule has 0 spiro atoms. The minimum Gasteiger partial charge on any atom is -0.228 e. The molecule has 0 amide bonds. The van der Waals surface area contributed by atoms with Gasteiger partial charge < -0.3 is 0 Å². The Morgan fingerprint density at radius 3 is 2.71 bits per heavy atom. The van der Waals surface area contributed by atoms with Crippen LogP contribution in [-0.2, 0) is 0 Å². The fourth-order valence-corrected chi connectivity index (χ4v) is 1.41. The van der Waals surface area contributed by atoms with Crippen LogP contribution in [0.25, 0.3) is 11.1 Å². The molecule has 1 aromatic heterocycles. The highest BCUT2D eigenvalue weighted by molar-refractivity contribution is 5.63. The van der Waals surface area contributed by atoms with Crippen LogP contribution in [0.2, 0.25) is 0 Å². The number of pyridine rings is 1. The zero-order chi connectivity index (χ0) is 9.97. The number of hydrogen-bond donors (Lipinski definition) is 0. The van der Waals surface area contributed by atoms with E-state index in [9.17, 15) is 4.39 Å². The number of rotatable bonds is 1. The van der Waals surface area contributed by atoms with Crippen molar-refractivity contribution in [2.75, 3.05) is 0 Å². The quantitative estimate of drug-likeness (QED) is 0.625. The highest BCUT2D eigenvalue weighted by Gasteiger charge is 2.04. The van der Waals surface area contributed by atoms with Crippen molar-refractivity contribution in [3.05, 3.63) is 54.1 Å². The molecule has 0 aliphatic rings. The second-order valence-electron chi connectivity index (χ2n) is 3.21. The molecule has 1 nitrogen and oxygen atoms in total. The molecule has 0 radical (unpaired) electrons.